The van der Waals surface area contributed by atoms with Crippen molar-refractivity contribution in [2.24, 2.45) is 5.92 Å². The maximum absolute atomic E-state index is 12.7. The summed E-state index contributed by atoms with van der Waals surface area (Å²) in [6.45, 7) is 3.15. The molecule has 0 unspecified atom stereocenters. The largest absolute Gasteiger partial charge is 0.423 e. The zero-order valence-corrected chi connectivity index (χ0v) is 17.4. The number of H-pyrrole nitrogens is 2. The van der Waals surface area contributed by atoms with E-state index in [2.05, 4.69) is 5.32 Å². The van der Waals surface area contributed by atoms with Crippen molar-refractivity contribution in [3.8, 4) is 0 Å². The van der Waals surface area contributed by atoms with E-state index in [1.165, 1.54) is 0 Å². The summed E-state index contributed by atoms with van der Waals surface area (Å²) >= 11 is 0. The van der Waals surface area contributed by atoms with Gasteiger partial charge in [0.15, 0.2) is 0 Å². The Morgan fingerprint density at radius 2 is 1.83 bits per heavy atom. The first-order chi connectivity index (χ1) is 12.8. The molecule has 1 heterocycles. The van der Waals surface area contributed by atoms with Gasteiger partial charge in [-0.15, -0.1) is 0 Å². The van der Waals surface area contributed by atoms with Gasteiger partial charge in [0.25, 0.3) is 11.2 Å². The van der Waals surface area contributed by atoms with Gasteiger partial charge in [-0.05, 0) is 12.1 Å². The number of anilines is 1. The van der Waals surface area contributed by atoms with E-state index in [0.717, 1.165) is 12.1 Å². The third-order valence-electron chi connectivity index (χ3n) is 3.06. The van der Waals surface area contributed by atoms with Gasteiger partial charge in [0.05, 0.1) is 4.92 Å². The maximum Gasteiger partial charge on any atom is 0.423 e. The van der Waals surface area contributed by atoms with Crippen LogP contribution in [-0.4, -0.2) is 40.6 Å². The molecular weight excluding hydrogens is 462 g/mol. The number of halogens is 4. The van der Waals surface area contributed by atoms with Crippen molar-refractivity contribution in [3.63, 3.8) is 0 Å². The van der Waals surface area contributed by atoms with E-state index in [1.807, 2.05) is 4.98 Å². The van der Waals surface area contributed by atoms with Crippen LogP contribution >= 0.6 is 0 Å². The van der Waals surface area contributed by atoms with Crippen molar-refractivity contribution in [1.29, 1.82) is 0 Å². The fourth-order valence-corrected chi connectivity index (χ4v) is 1.68. The zero-order valence-electron chi connectivity index (χ0n) is 15.0. The second-order valence-corrected chi connectivity index (χ2v) is 5.55. The molecule has 14 heteroatoms. The maximum atomic E-state index is 12.7. The Kier molecular flexibility index (Phi) is 9.56. The fraction of sp³-hybridized carbons (Fsp3) is 0.267. The van der Waals surface area contributed by atoms with Crippen molar-refractivity contribution in [2.45, 2.75) is 20.0 Å². The SMILES string of the molecule is CC(C)C(=O)Nc1ccc([N+](=O)[O-])c(C(F)(F)F)c1.O=c1[nH]cc(F)c(=O)[nH]1.[Ga]. The normalized spacial score (nSPS) is 10.4. The molecule has 155 valence electrons. The quantitative estimate of drug-likeness (QED) is 0.270. The van der Waals surface area contributed by atoms with Crippen molar-refractivity contribution in [3.05, 3.63) is 66.7 Å². The average molecular weight is 476 g/mol. The molecule has 0 aliphatic carbocycles. The van der Waals surface area contributed by atoms with Gasteiger partial charge in [-0.1, -0.05) is 13.8 Å². The summed E-state index contributed by atoms with van der Waals surface area (Å²) in [4.78, 5) is 44.8. The molecule has 0 aliphatic heterocycles. The number of rotatable bonds is 3. The topological polar surface area (TPSA) is 138 Å². The van der Waals surface area contributed by atoms with Crippen LogP contribution in [0.4, 0.5) is 28.9 Å². The number of aromatic nitrogens is 2. The molecule has 0 fully saturated rings. The predicted octanol–water partition coefficient (Wildman–Crippen LogP) is 2.03. The van der Waals surface area contributed by atoms with Gasteiger partial charge in [-0.25, -0.2) is 4.79 Å². The molecule has 0 aliphatic rings. The number of benzene rings is 1. The van der Waals surface area contributed by atoms with Crippen LogP contribution in [0, 0.1) is 21.8 Å². The number of nitrogens with one attached hydrogen (secondary N) is 3. The second-order valence-electron chi connectivity index (χ2n) is 5.55. The molecule has 0 spiro atoms. The molecule has 0 atom stereocenters. The number of nitrogens with zero attached hydrogens (tertiary/aromatic N) is 1. The van der Waals surface area contributed by atoms with Crippen LogP contribution in [0.2, 0.25) is 0 Å². The molecule has 1 aromatic carbocycles. The Morgan fingerprint density at radius 3 is 2.24 bits per heavy atom. The Morgan fingerprint density at radius 1 is 1.24 bits per heavy atom. The number of hydrogen-bond acceptors (Lipinski definition) is 5. The molecule has 9 nitrogen and oxygen atoms in total. The van der Waals surface area contributed by atoms with Crippen LogP contribution in [0.1, 0.15) is 19.4 Å². The van der Waals surface area contributed by atoms with Crippen molar-refractivity contribution in [2.75, 3.05) is 5.32 Å². The number of amides is 1. The number of alkyl halides is 3. The standard InChI is InChI=1S/C11H11F3N2O3.C4H3FN2O2.Ga/c1-6(2)10(17)15-7-3-4-9(16(18)19)8(5-7)11(12,13)14;5-2-1-6-4(9)7-3(2)8;/h3-6H,1-2H3,(H,15,17);1H,(H2,6,7,8,9);. The number of carbonyl (C=O) groups is 1. The van der Waals surface area contributed by atoms with Gasteiger partial charge in [-0.2, -0.15) is 17.6 Å². The van der Waals surface area contributed by atoms with E-state index < -0.39 is 51.2 Å². The summed E-state index contributed by atoms with van der Waals surface area (Å²) in [5, 5.41) is 12.8. The van der Waals surface area contributed by atoms with Crippen molar-refractivity contribution in [1.82, 2.24) is 9.97 Å². The van der Waals surface area contributed by atoms with Gasteiger partial charge >= 0.3 is 11.9 Å². The van der Waals surface area contributed by atoms with E-state index in [0.29, 0.717) is 12.3 Å². The van der Waals surface area contributed by atoms with Crippen LogP contribution in [-0.2, 0) is 11.0 Å². The van der Waals surface area contributed by atoms with Crippen LogP contribution in [0.25, 0.3) is 0 Å². The Labute approximate surface area is 172 Å². The average Bonchev–Trinajstić information content (AvgIpc) is 2.58. The molecule has 1 aromatic heterocycles. The first kappa shape index (κ1) is 26.1. The van der Waals surface area contributed by atoms with Crippen LogP contribution in [0.5, 0.6) is 0 Å². The Balaban J connectivity index is 0.000000658. The number of nitro benzene ring substituents is 1. The minimum atomic E-state index is -4.86. The number of hydrogen-bond donors (Lipinski definition) is 3. The van der Waals surface area contributed by atoms with Crippen LogP contribution in [0.15, 0.2) is 34.0 Å². The third-order valence-corrected chi connectivity index (χ3v) is 3.06. The van der Waals surface area contributed by atoms with Gasteiger partial charge in [-0.3, -0.25) is 24.7 Å². The van der Waals surface area contributed by atoms with E-state index in [1.54, 1.807) is 18.8 Å². The first-order valence-corrected chi connectivity index (χ1v) is 7.47. The molecule has 3 N–H and O–H groups in total. The molecule has 2 aromatic rings. The minimum absolute atomic E-state index is 0. The van der Waals surface area contributed by atoms with E-state index >= 15 is 0 Å². The van der Waals surface area contributed by atoms with Gasteiger partial charge in [0, 0.05) is 43.7 Å². The zero-order chi connectivity index (χ0) is 21.6. The number of nitro groups is 1. The minimum Gasteiger partial charge on any atom is -0.326 e. The molecular formula is C15H14F4GaN4O5. The molecule has 2 rings (SSSR count). The predicted molar refractivity (Wildman–Crippen MR) is 95.0 cm³/mol. The summed E-state index contributed by atoms with van der Waals surface area (Å²) in [6.07, 6.45) is -4.15. The molecule has 0 saturated carbocycles. The van der Waals surface area contributed by atoms with Gasteiger partial charge < -0.3 is 10.3 Å². The first-order valence-electron chi connectivity index (χ1n) is 7.47. The van der Waals surface area contributed by atoms with E-state index in [-0.39, 0.29) is 25.5 Å². The summed E-state index contributed by atoms with van der Waals surface area (Å²) in [5.74, 6) is -1.87. The molecule has 0 saturated heterocycles. The summed E-state index contributed by atoms with van der Waals surface area (Å²) in [6, 6.07) is 2.34. The molecule has 0 bridgehead atoms. The fourth-order valence-electron chi connectivity index (χ4n) is 1.68. The number of aromatic amines is 2. The van der Waals surface area contributed by atoms with Gasteiger partial charge in [0.1, 0.15) is 5.56 Å². The summed E-state index contributed by atoms with van der Waals surface area (Å²) in [7, 11) is 0. The van der Waals surface area contributed by atoms with E-state index in [4.69, 9.17) is 0 Å². The van der Waals surface area contributed by atoms with Crippen LogP contribution < -0.4 is 16.6 Å². The van der Waals surface area contributed by atoms with Crippen LogP contribution in [0.3, 0.4) is 0 Å². The van der Waals surface area contributed by atoms with Crippen molar-refractivity contribution < 1.29 is 27.3 Å². The third kappa shape index (κ3) is 7.95. The summed E-state index contributed by atoms with van der Waals surface area (Å²) in [5.41, 5.74) is -4.27. The monoisotopic (exact) mass is 475 g/mol. The smallest absolute Gasteiger partial charge is 0.326 e. The number of carbonyl (C=O) groups excluding carboxylic acids is 1. The van der Waals surface area contributed by atoms with Crippen molar-refractivity contribution >= 4 is 37.1 Å². The second kappa shape index (κ2) is 10.6. The Hall–Kier alpha value is -2.87. The molecule has 3 radical (unpaired) electrons. The van der Waals surface area contributed by atoms with Gasteiger partial charge in [0.2, 0.25) is 11.7 Å². The molecule has 29 heavy (non-hydrogen) atoms. The van der Waals surface area contributed by atoms with E-state index in [9.17, 15) is 42.1 Å². The Bertz CT molecular complexity index is 988. The summed E-state index contributed by atoms with van der Waals surface area (Å²) < 4.78 is 50.0. The molecule has 1 amide bonds.